The van der Waals surface area contributed by atoms with E-state index in [1.165, 1.54) is 0 Å². The Balaban J connectivity index is 2.02. The van der Waals surface area contributed by atoms with Gasteiger partial charge in [-0.3, -0.25) is 4.57 Å². The Morgan fingerprint density at radius 3 is 2.48 bits per heavy atom. The van der Waals surface area contributed by atoms with Crippen molar-refractivity contribution < 1.29 is 4.42 Å². The molecule has 3 heterocycles. The Hall–Kier alpha value is -2.53. The number of aromatic nitrogens is 4. The van der Waals surface area contributed by atoms with Gasteiger partial charge < -0.3 is 4.42 Å². The smallest absolute Gasteiger partial charge is 0.247 e. The van der Waals surface area contributed by atoms with Gasteiger partial charge in [0.1, 0.15) is 23.0 Å². The Labute approximate surface area is 150 Å². The number of nitrogens with zero attached hydrogens (tertiary/aromatic N) is 4. The summed E-state index contributed by atoms with van der Waals surface area (Å²) in [6.07, 6.45) is 2.00. The molecule has 0 N–H and O–H groups in total. The van der Waals surface area contributed by atoms with Gasteiger partial charge in [-0.2, -0.15) is 9.61 Å². The van der Waals surface area contributed by atoms with Gasteiger partial charge in [-0.05, 0) is 46.2 Å². The van der Waals surface area contributed by atoms with E-state index in [0.29, 0.717) is 10.7 Å². The summed E-state index contributed by atoms with van der Waals surface area (Å²) in [5.74, 6) is 1.68. The van der Waals surface area contributed by atoms with Gasteiger partial charge in [0.15, 0.2) is 0 Å². The molecule has 0 aliphatic carbocycles. The fraction of sp³-hybridized carbons (Fsp3) is 0.263. The molecule has 0 saturated carbocycles. The lowest BCUT2D eigenvalue weighted by Crippen LogP contribution is -1.96. The van der Waals surface area contributed by atoms with Crippen LogP contribution in [0.25, 0.3) is 22.7 Å². The average Bonchev–Trinajstić information content (AvgIpc) is 3.11. The number of halogens is 1. The van der Waals surface area contributed by atoms with Crippen LogP contribution in [0.2, 0.25) is 5.02 Å². The van der Waals surface area contributed by atoms with E-state index < -0.39 is 0 Å². The maximum Gasteiger partial charge on any atom is 0.247 e. The van der Waals surface area contributed by atoms with Gasteiger partial charge >= 0.3 is 0 Å². The van der Waals surface area contributed by atoms with E-state index in [-0.39, 0.29) is 0 Å². The highest BCUT2D eigenvalue weighted by Gasteiger charge is 2.23. The van der Waals surface area contributed by atoms with Crippen LogP contribution in [0.15, 0.2) is 28.8 Å². The van der Waals surface area contributed by atoms with Crippen LogP contribution >= 0.6 is 11.6 Å². The van der Waals surface area contributed by atoms with Crippen LogP contribution in [0.3, 0.4) is 0 Å². The van der Waals surface area contributed by atoms with Crippen molar-refractivity contribution in [3.05, 3.63) is 58.0 Å². The van der Waals surface area contributed by atoms with Crippen molar-refractivity contribution >= 4 is 17.3 Å². The van der Waals surface area contributed by atoms with Crippen molar-refractivity contribution in [2.45, 2.75) is 34.6 Å². The summed E-state index contributed by atoms with van der Waals surface area (Å²) in [7, 11) is 0. The quantitative estimate of drug-likeness (QED) is 0.510. The third-order valence-electron chi connectivity index (χ3n) is 4.41. The lowest BCUT2D eigenvalue weighted by atomic mass is 10.1. The molecule has 0 aliphatic rings. The largest absolute Gasteiger partial charge is 0.439 e. The molecule has 4 aromatic rings. The van der Waals surface area contributed by atoms with Gasteiger partial charge in [0.2, 0.25) is 5.71 Å². The van der Waals surface area contributed by atoms with Crippen molar-refractivity contribution in [3.63, 3.8) is 0 Å². The zero-order valence-electron chi connectivity index (χ0n) is 14.9. The highest BCUT2D eigenvalue weighted by atomic mass is 35.5. The number of imidazole rings is 1. The molecule has 1 aromatic carbocycles. The number of hydrogen-bond acceptors (Lipinski definition) is 3. The Kier molecular flexibility index (Phi) is 3.51. The zero-order valence-corrected chi connectivity index (χ0v) is 15.6. The van der Waals surface area contributed by atoms with Crippen LogP contribution in [-0.4, -0.2) is 19.2 Å². The first kappa shape index (κ1) is 16.0. The summed E-state index contributed by atoms with van der Waals surface area (Å²) >= 11 is 6.49. The van der Waals surface area contributed by atoms with E-state index in [9.17, 15) is 0 Å². The van der Waals surface area contributed by atoms with Gasteiger partial charge in [-0.25, -0.2) is 4.98 Å². The number of benzene rings is 1. The molecule has 25 heavy (non-hydrogen) atoms. The van der Waals surface area contributed by atoms with E-state index >= 15 is 0 Å². The third kappa shape index (κ3) is 2.38. The van der Waals surface area contributed by atoms with Crippen LogP contribution in [0.5, 0.6) is 0 Å². The number of oxazole rings is 1. The minimum absolute atomic E-state index is 0.690. The van der Waals surface area contributed by atoms with E-state index in [4.69, 9.17) is 21.1 Å². The molecule has 4 rings (SSSR count). The van der Waals surface area contributed by atoms with Crippen molar-refractivity contribution in [3.8, 4) is 16.9 Å². The summed E-state index contributed by atoms with van der Waals surface area (Å²) < 4.78 is 9.97. The van der Waals surface area contributed by atoms with E-state index in [2.05, 4.69) is 4.98 Å². The van der Waals surface area contributed by atoms with Gasteiger partial charge in [0, 0.05) is 11.8 Å². The monoisotopic (exact) mass is 354 g/mol. The summed E-state index contributed by atoms with van der Waals surface area (Å²) in [5.41, 5.74) is 6.36. The van der Waals surface area contributed by atoms with Gasteiger partial charge in [-0.15, -0.1) is 0 Å². The minimum atomic E-state index is 0.690. The molecule has 5 nitrogen and oxygen atoms in total. The van der Waals surface area contributed by atoms with Gasteiger partial charge in [0.25, 0.3) is 0 Å². The number of hydrogen-bond donors (Lipinski definition) is 0. The van der Waals surface area contributed by atoms with E-state index in [0.717, 1.165) is 45.5 Å². The maximum absolute atomic E-state index is 6.49. The predicted molar refractivity (Wildman–Crippen MR) is 98.7 cm³/mol. The number of rotatable bonds is 2. The van der Waals surface area contributed by atoms with Crippen molar-refractivity contribution in [1.82, 2.24) is 19.2 Å². The van der Waals surface area contributed by atoms with Crippen LogP contribution < -0.4 is 0 Å². The van der Waals surface area contributed by atoms with Gasteiger partial charge in [0.05, 0.1) is 16.4 Å². The fourth-order valence-corrected chi connectivity index (χ4v) is 3.65. The topological polar surface area (TPSA) is 48.3 Å². The van der Waals surface area contributed by atoms with Crippen molar-refractivity contribution in [2.24, 2.45) is 0 Å². The lowest BCUT2D eigenvalue weighted by molar-refractivity contribution is 0.570. The molecule has 0 amide bonds. The zero-order chi connectivity index (χ0) is 17.9. The molecule has 0 atom stereocenters. The molecule has 0 radical (unpaired) electrons. The molecule has 0 unspecified atom stereocenters. The molecule has 0 spiro atoms. The highest BCUT2D eigenvalue weighted by molar-refractivity contribution is 6.33. The highest BCUT2D eigenvalue weighted by Crippen LogP contribution is 2.35. The molecule has 6 heteroatoms. The van der Waals surface area contributed by atoms with Crippen LogP contribution in [0, 0.1) is 34.6 Å². The van der Waals surface area contributed by atoms with Gasteiger partial charge in [-0.1, -0.05) is 23.7 Å². The maximum atomic E-state index is 6.49. The number of fused-ring (bicyclic) bond motifs is 1. The first-order valence-electron chi connectivity index (χ1n) is 8.15. The van der Waals surface area contributed by atoms with E-state index in [1.54, 1.807) is 0 Å². The molecular weight excluding hydrogens is 336 g/mol. The lowest BCUT2D eigenvalue weighted by Gasteiger charge is -2.04. The normalized spacial score (nSPS) is 11.6. The minimum Gasteiger partial charge on any atom is -0.439 e. The second kappa shape index (κ2) is 5.49. The van der Waals surface area contributed by atoms with Crippen LogP contribution in [0.1, 0.15) is 28.5 Å². The average molecular weight is 355 g/mol. The first-order valence-corrected chi connectivity index (χ1v) is 8.53. The Bertz CT molecular complexity index is 1120. The second-order valence-corrected chi connectivity index (χ2v) is 6.85. The summed E-state index contributed by atoms with van der Waals surface area (Å²) in [5, 5.41) is 5.41. The Morgan fingerprint density at radius 1 is 1.08 bits per heavy atom. The molecule has 0 bridgehead atoms. The summed E-state index contributed by atoms with van der Waals surface area (Å²) in [4.78, 5) is 4.49. The fourth-order valence-electron chi connectivity index (χ4n) is 3.32. The van der Waals surface area contributed by atoms with Crippen molar-refractivity contribution in [2.75, 3.05) is 0 Å². The SMILES string of the molecule is Cc1ccc(-c2c(C)oc3c(-n4cc(C)nc4C)c(C)nn23)c(Cl)c1. The predicted octanol–water partition coefficient (Wildman–Crippen LogP) is 4.98. The Morgan fingerprint density at radius 2 is 1.84 bits per heavy atom. The summed E-state index contributed by atoms with van der Waals surface area (Å²) in [6, 6.07) is 6.01. The molecular formula is C19H19ClN4O. The number of aryl methyl sites for hydroxylation is 5. The molecule has 0 fully saturated rings. The second-order valence-electron chi connectivity index (χ2n) is 6.44. The molecule has 0 saturated heterocycles. The summed E-state index contributed by atoms with van der Waals surface area (Å²) in [6.45, 7) is 9.88. The van der Waals surface area contributed by atoms with E-state index in [1.807, 2.05) is 68.1 Å². The third-order valence-corrected chi connectivity index (χ3v) is 4.72. The van der Waals surface area contributed by atoms with Crippen LogP contribution in [-0.2, 0) is 0 Å². The molecule has 0 aliphatic heterocycles. The standard InChI is InChI=1S/C19H19ClN4O/c1-10-6-7-15(16(20)8-10)18-13(4)25-19-17(12(3)22-24(18)19)23-9-11(2)21-14(23)5/h6-9H,1-5H3. The van der Waals surface area contributed by atoms with Crippen LogP contribution in [0.4, 0.5) is 0 Å². The molecule has 3 aromatic heterocycles. The first-order chi connectivity index (χ1) is 11.9. The molecule has 128 valence electrons. The van der Waals surface area contributed by atoms with Crippen molar-refractivity contribution in [1.29, 1.82) is 0 Å².